The maximum absolute atomic E-state index is 13.0. The Morgan fingerprint density at radius 1 is 1.21 bits per heavy atom. The van der Waals surface area contributed by atoms with Gasteiger partial charge in [0.05, 0.1) is 5.92 Å². The summed E-state index contributed by atoms with van der Waals surface area (Å²) >= 11 is 0. The summed E-state index contributed by atoms with van der Waals surface area (Å²) in [7, 11) is 0. The zero-order valence-corrected chi connectivity index (χ0v) is 16.1. The van der Waals surface area contributed by atoms with Gasteiger partial charge in [0.1, 0.15) is 11.4 Å². The smallest absolute Gasteiger partial charge is 0.259 e. The largest absolute Gasteiger partial charge is 0.360 e. The Morgan fingerprint density at radius 2 is 2.03 bits per heavy atom. The Bertz CT molecular complexity index is 1120. The number of carbonyl (C=O) groups is 2. The maximum Gasteiger partial charge on any atom is 0.259 e. The topological polar surface area (TPSA) is 95.2 Å². The zero-order valence-electron chi connectivity index (χ0n) is 16.1. The molecule has 7 nitrogen and oxygen atoms in total. The van der Waals surface area contributed by atoms with Crippen molar-refractivity contribution in [3.8, 4) is 0 Å². The van der Waals surface area contributed by atoms with Crippen molar-refractivity contribution in [2.45, 2.75) is 19.8 Å². The molecule has 0 radical (unpaired) electrons. The van der Waals surface area contributed by atoms with Crippen LogP contribution in [0.1, 0.15) is 28.8 Å². The van der Waals surface area contributed by atoms with Crippen LogP contribution >= 0.6 is 0 Å². The van der Waals surface area contributed by atoms with E-state index in [4.69, 9.17) is 0 Å². The van der Waals surface area contributed by atoms with E-state index in [9.17, 15) is 14.4 Å². The van der Waals surface area contributed by atoms with Crippen LogP contribution in [0.4, 0.5) is 5.82 Å². The van der Waals surface area contributed by atoms with E-state index in [-0.39, 0.29) is 35.3 Å². The summed E-state index contributed by atoms with van der Waals surface area (Å²) in [4.78, 5) is 47.2. The molecule has 2 amide bonds. The van der Waals surface area contributed by atoms with Crippen molar-refractivity contribution < 1.29 is 9.59 Å². The second-order valence-corrected chi connectivity index (χ2v) is 7.38. The van der Waals surface area contributed by atoms with E-state index in [1.165, 1.54) is 6.20 Å². The zero-order chi connectivity index (χ0) is 20.4. The third-order valence-corrected chi connectivity index (χ3v) is 5.26. The Morgan fingerprint density at radius 3 is 2.83 bits per heavy atom. The lowest BCUT2D eigenvalue weighted by Gasteiger charge is -2.32. The molecular weight excluding hydrogens is 368 g/mol. The van der Waals surface area contributed by atoms with E-state index < -0.39 is 0 Å². The number of rotatable bonds is 3. The van der Waals surface area contributed by atoms with Crippen molar-refractivity contribution in [3.05, 3.63) is 70.1 Å². The number of aromatic nitrogens is 2. The number of pyridine rings is 2. The van der Waals surface area contributed by atoms with Crippen molar-refractivity contribution in [3.63, 3.8) is 0 Å². The van der Waals surface area contributed by atoms with Crippen LogP contribution in [-0.4, -0.2) is 39.8 Å². The van der Waals surface area contributed by atoms with Gasteiger partial charge < -0.3 is 15.2 Å². The van der Waals surface area contributed by atoms with Gasteiger partial charge in [-0.05, 0) is 43.5 Å². The molecule has 1 aromatic carbocycles. The van der Waals surface area contributed by atoms with Crippen LogP contribution in [0.3, 0.4) is 0 Å². The van der Waals surface area contributed by atoms with E-state index in [0.717, 1.165) is 5.56 Å². The Kier molecular flexibility index (Phi) is 5.12. The first kappa shape index (κ1) is 18.9. The second-order valence-electron chi connectivity index (χ2n) is 7.38. The number of fused-ring (bicyclic) bond motifs is 1. The van der Waals surface area contributed by atoms with Gasteiger partial charge in [0.2, 0.25) is 11.3 Å². The fourth-order valence-electron chi connectivity index (χ4n) is 3.64. The predicted octanol–water partition coefficient (Wildman–Crippen LogP) is 2.72. The number of nitrogens with zero attached hydrogens (tertiary/aromatic N) is 2. The van der Waals surface area contributed by atoms with Gasteiger partial charge in [-0.1, -0.05) is 18.2 Å². The van der Waals surface area contributed by atoms with Crippen molar-refractivity contribution in [2.24, 2.45) is 5.92 Å². The van der Waals surface area contributed by atoms with Gasteiger partial charge in [-0.2, -0.15) is 0 Å². The summed E-state index contributed by atoms with van der Waals surface area (Å²) in [5, 5.41) is 3.30. The third-order valence-electron chi connectivity index (χ3n) is 5.26. The molecule has 7 heteroatoms. The van der Waals surface area contributed by atoms with E-state index in [0.29, 0.717) is 36.1 Å². The first-order valence-corrected chi connectivity index (χ1v) is 9.66. The molecule has 148 valence electrons. The minimum absolute atomic E-state index is 0.102. The highest BCUT2D eigenvalue weighted by Gasteiger charge is 2.30. The van der Waals surface area contributed by atoms with Gasteiger partial charge in [-0.25, -0.2) is 4.98 Å². The highest BCUT2D eigenvalue weighted by Crippen LogP contribution is 2.20. The second kappa shape index (κ2) is 7.87. The standard InChI is InChI=1S/C22H22N4O3/c1-14-8-9-19(24-11-14)25-21(28)15-5-4-10-26(13-15)22(29)17-12-23-18-7-3-2-6-16(18)20(17)27/h2-3,6-9,11-12,15H,4-5,10,13H2,1H3,(H,23,27)(H,24,25,28). The summed E-state index contributed by atoms with van der Waals surface area (Å²) in [5.74, 6) is -0.348. The van der Waals surface area contributed by atoms with E-state index >= 15 is 0 Å². The molecule has 2 N–H and O–H groups in total. The number of likely N-dealkylation sites (tertiary alicyclic amines) is 1. The fourth-order valence-corrected chi connectivity index (χ4v) is 3.64. The van der Waals surface area contributed by atoms with Gasteiger partial charge in [0.15, 0.2) is 0 Å². The molecule has 2 aromatic heterocycles. The summed E-state index contributed by atoms with van der Waals surface area (Å²) in [6, 6.07) is 10.7. The van der Waals surface area contributed by atoms with Crippen molar-refractivity contribution in [1.82, 2.24) is 14.9 Å². The molecular formula is C22H22N4O3. The number of benzene rings is 1. The first-order chi connectivity index (χ1) is 14.0. The minimum atomic E-state index is -0.344. The van der Waals surface area contributed by atoms with Crippen LogP contribution in [0.5, 0.6) is 0 Å². The van der Waals surface area contributed by atoms with Crippen molar-refractivity contribution in [2.75, 3.05) is 18.4 Å². The number of H-pyrrole nitrogens is 1. The van der Waals surface area contributed by atoms with Crippen LogP contribution in [-0.2, 0) is 4.79 Å². The van der Waals surface area contributed by atoms with Crippen molar-refractivity contribution >= 4 is 28.5 Å². The first-order valence-electron chi connectivity index (χ1n) is 9.66. The molecule has 4 rings (SSSR count). The van der Waals surface area contributed by atoms with Crippen LogP contribution in [0.25, 0.3) is 10.9 Å². The Labute approximate surface area is 167 Å². The normalized spacial score (nSPS) is 16.6. The monoisotopic (exact) mass is 390 g/mol. The number of nitrogens with one attached hydrogen (secondary N) is 2. The number of hydrogen-bond acceptors (Lipinski definition) is 4. The van der Waals surface area contributed by atoms with Crippen LogP contribution in [0.2, 0.25) is 0 Å². The lowest BCUT2D eigenvalue weighted by Crippen LogP contribution is -2.45. The molecule has 1 aliphatic heterocycles. The number of amides is 2. The summed E-state index contributed by atoms with van der Waals surface area (Å²) in [5.41, 5.74) is 1.51. The number of aryl methyl sites for hydroxylation is 1. The third kappa shape index (κ3) is 3.89. The molecule has 3 heterocycles. The van der Waals surface area contributed by atoms with Gasteiger partial charge in [-0.15, -0.1) is 0 Å². The number of hydrogen-bond donors (Lipinski definition) is 2. The molecule has 0 saturated carbocycles. The summed E-state index contributed by atoms with van der Waals surface area (Å²) in [6.45, 7) is 2.73. The molecule has 29 heavy (non-hydrogen) atoms. The number of aromatic amines is 1. The van der Waals surface area contributed by atoms with E-state index in [2.05, 4.69) is 15.3 Å². The predicted molar refractivity (Wildman–Crippen MR) is 111 cm³/mol. The number of para-hydroxylation sites is 1. The fraction of sp³-hybridized carbons (Fsp3) is 0.273. The van der Waals surface area contributed by atoms with Crippen molar-refractivity contribution in [1.29, 1.82) is 0 Å². The molecule has 1 atom stereocenters. The molecule has 0 spiro atoms. The lowest BCUT2D eigenvalue weighted by atomic mass is 9.96. The quantitative estimate of drug-likeness (QED) is 0.719. The highest BCUT2D eigenvalue weighted by atomic mass is 16.2. The SMILES string of the molecule is Cc1ccc(NC(=O)C2CCCN(C(=O)c3c[nH]c4ccccc4c3=O)C2)nc1. The number of carbonyl (C=O) groups excluding carboxylic acids is 2. The van der Waals surface area contributed by atoms with Gasteiger partial charge in [0.25, 0.3) is 5.91 Å². The van der Waals surface area contributed by atoms with Crippen LogP contribution in [0, 0.1) is 12.8 Å². The average Bonchev–Trinajstić information content (AvgIpc) is 2.75. The van der Waals surface area contributed by atoms with E-state index in [1.54, 1.807) is 35.4 Å². The number of anilines is 1. The van der Waals surface area contributed by atoms with Gasteiger partial charge >= 0.3 is 0 Å². The molecule has 3 aromatic rings. The maximum atomic E-state index is 13.0. The number of piperidine rings is 1. The minimum Gasteiger partial charge on any atom is -0.360 e. The molecule has 1 aliphatic rings. The van der Waals surface area contributed by atoms with Crippen LogP contribution < -0.4 is 10.7 Å². The Hall–Kier alpha value is -3.48. The molecule has 0 aliphatic carbocycles. The molecule has 1 saturated heterocycles. The van der Waals surface area contributed by atoms with Crippen LogP contribution in [0.15, 0.2) is 53.6 Å². The average molecular weight is 390 g/mol. The van der Waals surface area contributed by atoms with Gasteiger partial charge in [0, 0.05) is 36.4 Å². The highest BCUT2D eigenvalue weighted by molar-refractivity contribution is 5.98. The molecule has 0 bridgehead atoms. The van der Waals surface area contributed by atoms with E-state index in [1.807, 2.05) is 19.1 Å². The molecule has 1 fully saturated rings. The summed E-state index contributed by atoms with van der Waals surface area (Å²) < 4.78 is 0. The van der Waals surface area contributed by atoms with Gasteiger partial charge in [-0.3, -0.25) is 14.4 Å². The Balaban J connectivity index is 1.50. The summed E-state index contributed by atoms with van der Waals surface area (Å²) in [6.07, 6.45) is 4.55. The lowest BCUT2D eigenvalue weighted by molar-refractivity contribution is -0.121. The molecule has 1 unspecified atom stereocenters.